The van der Waals surface area contributed by atoms with Crippen LogP contribution >= 0.6 is 11.3 Å². The average Bonchev–Trinajstić information content (AvgIpc) is 2.98. The first-order valence-electron chi connectivity index (χ1n) is 7.57. The predicted octanol–water partition coefficient (Wildman–Crippen LogP) is 2.30. The van der Waals surface area contributed by atoms with Gasteiger partial charge in [-0.2, -0.15) is 0 Å². The second-order valence-corrected chi connectivity index (χ2v) is 6.72. The molecular weight excluding hydrogens is 312 g/mol. The smallest absolute Gasteiger partial charge is 0.255 e. The van der Waals surface area contributed by atoms with E-state index in [-0.39, 0.29) is 30.2 Å². The minimum atomic E-state index is -0.286. The van der Waals surface area contributed by atoms with Crippen LogP contribution in [0.4, 0.5) is 5.95 Å². The lowest BCUT2D eigenvalue weighted by atomic mass is 9.99. The van der Waals surface area contributed by atoms with Crippen molar-refractivity contribution in [3.05, 3.63) is 39.8 Å². The number of aromatic nitrogens is 2. The second kappa shape index (κ2) is 6.45. The molecule has 0 radical (unpaired) electrons. The molecule has 2 aromatic heterocycles. The fourth-order valence-corrected chi connectivity index (χ4v) is 3.81. The minimum Gasteiger partial charge on any atom is -0.329 e. The van der Waals surface area contributed by atoms with Crippen molar-refractivity contribution in [2.24, 2.45) is 0 Å². The third-order valence-corrected chi connectivity index (χ3v) is 5.28. The van der Waals surface area contributed by atoms with E-state index in [0.29, 0.717) is 6.54 Å². The van der Waals surface area contributed by atoms with E-state index in [4.69, 9.17) is 0 Å². The number of thiophene rings is 1. The monoisotopic (exact) mass is 330 g/mol. The summed E-state index contributed by atoms with van der Waals surface area (Å²) in [5, 5.41) is 2.61. The Hall–Kier alpha value is -2.28. The van der Waals surface area contributed by atoms with Gasteiger partial charge in [-0.1, -0.05) is 13.8 Å². The number of aryl methyl sites for hydroxylation is 1. The molecule has 0 saturated heterocycles. The van der Waals surface area contributed by atoms with Crippen LogP contribution in [0.3, 0.4) is 0 Å². The summed E-state index contributed by atoms with van der Waals surface area (Å²) in [5.41, 5.74) is 0.745. The van der Waals surface area contributed by atoms with Crippen LogP contribution in [0, 0.1) is 0 Å². The average molecular weight is 330 g/mol. The number of nitrogens with zero attached hydrogens (tertiary/aromatic N) is 3. The lowest BCUT2D eigenvalue weighted by Crippen LogP contribution is -2.43. The zero-order valence-corrected chi connectivity index (χ0v) is 13.9. The highest BCUT2D eigenvalue weighted by atomic mass is 32.1. The number of hydrogen-bond acceptors (Lipinski definition) is 5. The zero-order valence-electron chi connectivity index (χ0n) is 13.1. The summed E-state index contributed by atoms with van der Waals surface area (Å²) in [5.74, 6) is 0.137. The molecule has 3 rings (SSSR count). The Morgan fingerprint density at radius 2 is 2.17 bits per heavy atom. The topological polar surface area (TPSA) is 75.2 Å². The van der Waals surface area contributed by atoms with Gasteiger partial charge in [-0.15, -0.1) is 11.3 Å². The second-order valence-electron chi connectivity index (χ2n) is 5.55. The van der Waals surface area contributed by atoms with Crippen molar-refractivity contribution >= 4 is 29.1 Å². The van der Waals surface area contributed by atoms with E-state index >= 15 is 0 Å². The Balaban J connectivity index is 1.71. The van der Waals surface area contributed by atoms with Crippen LogP contribution in [0.15, 0.2) is 24.5 Å². The molecule has 2 amide bonds. The molecule has 3 heterocycles. The Morgan fingerprint density at radius 1 is 1.43 bits per heavy atom. The summed E-state index contributed by atoms with van der Waals surface area (Å²) < 4.78 is 0. The number of nitrogens with one attached hydrogen (secondary N) is 1. The highest BCUT2D eigenvalue weighted by Crippen LogP contribution is 2.35. The number of anilines is 1. The van der Waals surface area contributed by atoms with Gasteiger partial charge in [-0.3, -0.25) is 14.9 Å². The van der Waals surface area contributed by atoms with Gasteiger partial charge in [0.2, 0.25) is 11.9 Å². The summed E-state index contributed by atoms with van der Waals surface area (Å²) >= 11 is 1.70. The first-order valence-corrected chi connectivity index (χ1v) is 8.39. The lowest BCUT2D eigenvalue weighted by Gasteiger charge is -2.30. The molecule has 1 aliphatic heterocycles. The van der Waals surface area contributed by atoms with Gasteiger partial charge in [-0.25, -0.2) is 9.97 Å². The Bertz CT molecular complexity index is 729. The maximum atomic E-state index is 12.6. The molecule has 0 bridgehead atoms. The van der Waals surface area contributed by atoms with E-state index in [1.165, 1.54) is 4.88 Å². The van der Waals surface area contributed by atoms with Crippen molar-refractivity contribution in [1.82, 2.24) is 14.9 Å². The van der Waals surface area contributed by atoms with Crippen LogP contribution < -0.4 is 5.32 Å². The molecule has 0 aliphatic carbocycles. The van der Waals surface area contributed by atoms with E-state index in [1.54, 1.807) is 34.7 Å². The number of carbonyl (C=O) groups is 2. The zero-order chi connectivity index (χ0) is 16.4. The fourth-order valence-electron chi connectivity index (χ4n) is 2.67. The number of carbonyl (C=O) groups excluding carboxylic acids is 2. The third-order valence-electron chi connectivity index (χ3n) is 3.77. The van der Waals surface area contributed by atoms with Crippen molar-refractivity contribution in [3.8, 4) is 0 Å². The largest absolute Gasteiger partial charge is 0.329 e. The summed E-state index contributed by atoms with van der Waals surface area (Å²) in [6, 6.07) is 3.64. The Labute approximate surface area is 138 Å². The SMILES string of the molecule is CCc1cc2c(s1)C(C)CN(CC(=O)Nc1ncccn1)C2=O. The van der Waals surface area contributed by atoms with Crippen molar-refractivity contribution in [3.63, 3.8) is 0 Å². The van der Waals surface area contributed by atoms with E-state index in [0.717, 1.165) is 16.9 Å². The van der Waals surface area contributed by atoms with Crippen molar-refractivity contribution in [1.29, 1.82) is 0 Å². The summed E-state index contributed by atoms with van der Waals surface area (Å²) in [7, 11) is 0. The van der Waals surface area contributed by atoms with Crippen molar-refractivity contribution in [2.75, 3.05) is 18.4 Å². The van der Waals surface area contributed by atoms with Crippen LogP contribution in [0.25, 0.3) is 0 Å². The molecule has 1 unspecified atom stereocenters. The van der Waals surface area contributed by atoms with Gasteiger partial charge in [-0.05, 0) is 18.6 Å². The molecule has 2 aromatic rings. The summed E-state index contributed by atoms with van der Waals surface area (Å²) in [6.07, 6.45) is 4.03. The quantitative estimate of drug-likeness (QED) is 0.933. The number of hydrogen-bond donors (Lipinski definition) is 1. The standard InChI is InChI=1S/C16H18N4O2S/c1-3-11-7-12-14(23-11)10(2)8-20(15(12)22)9-13(21)19-16-17-5-4-6-18-16/h4-7,10H,3,8-9H2,1-2H3,(H,17,18,19,21). The first kappa shape index (κ1) is 15.6. The van der Waals surface area contributed by atoms with E-state index < -0.39 is 0 Å². The minimum absolute atomic E-state index is 0.0121. The normalized spacial score (nSPS) is 17.0. The van der Waals surface area contributed by atoms with Crippen LogP contribution in [0.2, 0.25) is 0 Å². The molecular formula is C16H18N4O2S. The van der Waals surface area contributed by atoms with Gasteiger partial charge < -0.3 is 4.90 Å². The number of amides is 2. The molecule has 120 valence electrons. The molecule has 1 N–H and O–H groups in total. The summed E-state index contributed by atoms with van der Waals surface area (Å²) in [6.45, 7) is 4.74. The predicted molar refractivity (Wildman–Crippen MR) is 88.7 cm³/mol. The van der Waals surface area contributed by atoms with Crippen LogP contribution in [-0.2, 0) is 11.2 Å². The Kier molecular flexibility index (Phi) is 4.38. The van der Waals surface area contributed by atoms with Crippen molar-refractivity contribution < 1.29 is 9.59 Å². The highest BCUT2D eigenvalue weighted by Gasteiger charge is 2.32. The van der Waals surface area contributed by atoms with Gasteiger partial charge in [0.25, 0.3) is 5.91 Å². The van der Waals surface area contributed by atoms with Gasteiger partial charge in [0, 0.05) is 34.6 Å². The summed E-state index contributed by atoms with van der Waals surface area (Å²) in [4.78, 5) is 36.6. The lowest BCUT2D eigenvalue weighted by molar-refractivity contribution is -0.117. The molecule has 6 nitrogen and oxygen atoms in total. The molecule has 0 spiro atoms. The van der Waals surface area contributed by atoms with Gasteiger partial charge in [0.15, 0.2) is 0 Å². The van der Waals surface area contributed by atoms with Gasteiger partial charge in [0.05, 0.1) is 5.56 Å². The molecule has 1 aliphatic rings. The molecule has 0 saturated carbocycles. The van der Waals surface area contributed by atoms with Crippen LogP contribution in [-0.4, -0.2) is 39.8 Å². The number of fused-ring (bicyclic) bond motifs is 1. The molecule has 0 fully saturated rings. The van der Waals surface area contributed by atoms with E-state index in [1.807, 2.05) is 6.07 Å². The maximum absolute atomic E-state index is 12.6. The maximum Gasteiger partial charge on any atom is 0.255 e. The van der Waals surface area contributed by atoms with E-state index in [9.17, 15) is 9.59 Å². The Morgan fingerprint density at radius 3 is 2.87 bits per heavy atom. The van der Waals surface area contributed by atoms with Crippen LogP contribution in [0.1, 0.15) is 39.9 Å². The highest BCUT2D eigenvalue weighted by molar-refractivity contribution is 7.12. The molecule has 23 heavy (non-hydrogen) atoms. The number of rotatable bonds is 4. The molecule has 1 atom stereocenters. The van der Waals surface area contributed by atoms with Gasteiger partial charge >= 0.3 is 0 Å². The van der Waals surface area contributed by atoms with Crippen molar-refractivity contribution in [2.45, 2.75) is 26.2 Å². The third kappa shape index (κ3) is 3.24. The molecule has 7 heteroatoms. The van der Waals surface area contributed by atoms with E-state index in [2.05, 4.69) is 29.1 Å². The van der Waals surface area contributed by atoms with Gasteiger partial charge in [0.1, 0.15) is 6.54 Å². The molecule has 0 aromatic carbocycles. The first-order chi connectivity index (χ1) is 11.1. The van der Waals surface area contributed by atoms with Crippen LogP contribution in [0.5, 0.6) is 0 Å². The fraction of sp³-hybridized carbons (Fsp3) is 0.375.